The Hall–Kier alpha value is -3.54. The van der Waals surface area contributed by atoms with Crippen LogP contribution < -0.4 is 20.1 Å². The molecule has 0 aliphatic carbocycles. The number of anilines is 3. The lowest BCUT2D eigenvalue weighted by molar-refractivity contribution is -0.118. The van der Waals surface area contributed by atoms with Gasteiger partial charge in [0.25, 0.3) is 5.91 Å². The molecule has 1 amide bonds. The van der Waals surface area contributed by atoms with Crippen LogP contribution in [-0.4, -0.2) is 24.6 Å². The van der Waals surface area contributed by atoms with E-state index in [0.717, 1.165) is 11.4 Å². The highest BCUT2D eigenvalue weighted by Crippen LogP contribution is 2.25. The molecule has 0 saturated carbocycles. The molecule has 6 heteroatoms. The number of para-hydroxylation sites is 2. The second-order valence-electron chi connectivity index (χ2n) is 5.91. The Bertz CT molecular complexity index is 911. The van der Waals surface area contributed by atoms with E-state index in [2.05, 4.69) is 15.6 Å². The van der Waals surface area contributed by atoms with Gasteiger partial charge in [0.05, 0.1) is 19.0 Å². The average Bonchev–Trinajstić information content (AvgIpc) is 2.68. The fraction of sp³-hybridized carbons (Fsp3) is 0.143. The smallest absolute Gasteiger partial charge is 0.263 e. The first kappa shape index (κ1) is 18.3. The molecule has 0 aliphatic rings. The topological polar surface area (TPSA) is 72.5 Å². The van der Waals surface area contributed by atoms with Crippen molar-refractivity contribution in [1.82, 2.24) is 4.98 Å². The maximum atomic E-state index is 12.1. The van der Waals surface area contributed by atoms with Gasteiger partial charge in [-0.1, -0.05) is 24.3 Å². The fourth-order valence-electron chi connectivity index (χ4n) is 2.49. The van der Waals surface area contributed by atoms with Gasteiger partial charge in [-0.25, -0.2) is 4.98 Å². The summed E-state index contributed by atoms with van der Waals surface area (Å²) in [6.45, 7) is 1.90. The Kier molecular flexibility index (Phi) is 5.89. The largest absolute Gasteiger partial charge is 0.493 e. The van der Waals surface area contributed by atoms with Crippen LogP contribution in [0.15, 0.2) is 66.9 Å². The van der Waals surface area contributed by atoms with Crippen molar-refractivity contribution in [3.05, 3.63) is 72.4 Å². The van der Waals surface area contributed by atoms with Gasteiger partial charge in [-0.3, -0.25) is 4.79 Å². The molecule has 0 saturated heterocycles. The quantitative estimate of drug-likeness (QED) is 0.659. The van der Waals surface area contributed by atoms with Crippen molar-refractivity contribution in [3.8, 4) is 11.5 Å². The number of carbonyl (C=O) groups excluding carboxylic acids is 1. The summed E-state index contributed by atoms with van der Waals surface area (Å²) in [6, 6.07) is 18.8. The molecule has 0 unspecified atom stereocenters. The third kappa shape index (κ3) is 5.22. The van der Waals surface area contributed by atoms with Gasteiger partial charge < -0.3 is 20.1 Å². The van der Waals surface area contributed by atoms with Crippen molar-refractivity contribution in [3.63, 3.8) is 0 Å². The Balaban J connectivity index is 1.54. The lowest BCUT2D eigenvalue weighted by Crippen LogP contribution is -2.20. The van der Waals surface area contributed by atoms with Crippen molar-refractivity contribution in [1.29, 1.82) is 0 Å². The summed E-state index contributed by atoms with van der Waals surface area (Å²) in [4.78, 5) is 16.3. The number of pyridine rings is 1. The van der Waals surface area contributed by atoms with Crippen LogP contribution >= 0.6 is 0 Å². The lowest BCUT2D eigenvalue weighted by atomic mass is 10.2. The lowest BCUT2D eigenvalue weighted by Gasteiger charge is -2.11. The molecule has 0 spiro atoms. The van der Waals surface area contributed by atoms with Gasteiger partial charge in [-0.15, -0.1) is 0 Å². The molecule has 2 aromatic carbocycles. The van der Waals surface area contributed by atoms with Crippen molar-refractivity contribution in [2.45, 2.75) is 6.92 Å². The van der Waals surface area contributed by atoms with E-state index in [0.29, 0.717) is 17.3 Å². The van der Waals surface area contributed by atoms with E-state index in [1.54, 1.807) is 31.5 Å². The van der Waals surface area contributed by atoms with Crippen molar-refractivity contribution in [2.24, 2.45) is 0 Å². The number of nitrogens with zero attached hydrogens (tertiary/aromatic N) is 1. The molecule has 2 N–H and O–H groups in total. The van der Waals surface area contributed by atoms with E-state index in [9.17, 15) is 4.79 Å². The number of hydrogen-bond donors (Lipinski definition) is 2. The van der Waals surface area contributed by atoms with E-state index in [1.165, 1.54) is 5.56 Å². The summed E-state index contributed by atoms with van der Waals surface area (Å²) in [7, 11) is 1.55. The second-order valence-corrected chi connectivity index (χ2v) is 5.91. The number of nitrogens with one attached hydrogen (secondary N) is 2. The summed E-state index contributed by atoms with van der Waals surface area (Å²) in [5, 5.41) is 5.98. The first-order chi connectivity index (χ1) is 13.1. The molecule has 0 aliphatic heterocycles. The number of amides is 1. The first-order valence-corrected chi connectivity index (χ1v) is 8.49. The maximum absolute atomic E-state index is 12.1. The minimum Gasteiger partial charge on any atom is -0.493 e. The maximum Gasteiger partial charge on any atom is 0.263 e. The van der Waals surface area contributed by atoms with E-state index in [4.69, 9.17) is 9.47 Å². The fourth-order valence-corrected chi connectivity index (χ4v) is 2.49. The molecule has 0 atom stereocenters. The van der Waals surface area contributed by atoms with Gasteiger partial charge in [0.15, 0.2) is 18.1 Å². The van der Waals surface area contributed by atoms with Gasteiger partial charge in [0, 0.05) is 5.69 Å². The first-order valence-electron chi connectivity index (χ1n) is 8.49. The number of methoxy groups -OCH3 is 1. The Morgan fingerprint density at radius 3 is 2.52 bits per heavy atom. The summed E-state index contributed by atoms with van der Waals surface area (Å²) in [5.41, 5.74) is 2.99. The summed E-state index contributed by atoms with van der Waals surface area (Å²) >= 11 is 0. The highest BCUT2D eigenvalue weighted by atomic mass is 16.5. The van der Waals surface area contributed by atoms with Crippen LogP contribution in [0, 0.1) is 6.92 Å². The number of ether oxygens (including phenoxy) is 2. The zero-order chi connectivity index (χ0) is 19.1. The average molecular weight is 363 g/mol. The number of hydrogen-bond acceptors (Lipinski definition) is 5. The van der Waals surface area contributed by atoms with E-state index < -0.39 is 0 Å². The van der Waals surface area contributed by atoms with E-state index >= 15 is 0 Å². The molecule has 3 aromatic rings. The molecule has 1 heterocycles. The van der Waals surface area contributed by atoms with E-state index in [1.807, 2.05) is 49.4 Å². The summed E-state index contributed by atoms with van der Waals surface area (Å²) < 4.78 is 10.7. The van der Waals surface area contributed by atoms with Gasteiger partial charge in [0.2, 0.25) is 0 Å². The molecule has 0 fully saturated rings. The highest BCUT2D eigenvalue weighted by Gasteiger charge is 2.08. The predicted octanol–water partition coefficient (Wildman–Crippen LogP) is 4.16. The number of carbonyl (C=O) groups is 1. The minimum absolute atomic E-state index is 0.134. The molecule has 1 aromatic heterocycles. The minimum atomic E-state index is -0.298. The van der Waals surface area contributed by atoms with Crippen LogP contribution in [0.2, 0.25) is 0 Å². The standard InChI is InChI=1S/C21H21N3O3/c1-15-6-5-7-16(12-15)23-17-10-11-20(22-13-17)24-21(25)14-27-19-9-4-3-8-18(19)26-2/h3-13,23H,14H2,1-2H3,(H,22,24,25). The Morgan fingerprint density at radius 2 is 1.81 bits per heavy atom. The van der Waals surface area contributed by atoms with Crippen LogP contribution in [-0.2, 0) is 4.79 Å². The normalized spacial score (nSPS) is 10.1. The van der Waals surface area contributed by atoms with Gasteiger partial charge in [0.1, 0.15) is 5.82 Å². The van der Waals surface area contributed by atoms with E-state index in [-0.39, 0.29) is 12.5 Å². The zero-order valence-electron chi connectivity index (χ0n) is 15.2. The molecule has 27 heavy (non-hydrogen) atoms. The Labute approximate surface area is 158 Å². The van der Waals surface area contributed by atoms with Gasteiger partial charge in [-0.05, 0) is 48.9 Å². The van der Waals surface area contributed by atoms with Crippen molar-refractivity contribution < 1.29 is 14.3 Å². The molecule has 6 nitrogen and oxygen atoms in total. The molecule has 0 radical (unpaired) electrons. The van der Waals surface area contributed by atoms with Gasteiger partial charge in [-0.2, -0.15) is 0 Å². The van der Waals surface area contributed by atoms with Crippen LogP contribution in [0.5, 0.6) is 11.5 Å². The number of benzene rings is 2. The molecular formula is C21H21N3O3. The SMILES string of the molecule is COc1ccccc1OCC(=O)Nc1ccc(Nc2cccc(C)c2)cn1. The van der Waals surface area contributed by atoms with Gasteiger partial charge >= 0.3 is 0 Å². The number of aromatic nitrogens is 1. The van der Waals surface area contributed by atoms with Crippen molar-refractivity contribution >= 4 is 23.1 Å². The van der Waals surface area contributed by atoms with Crippen LogP contribution in [0.25, 0.3) is 0 Å². The molecule has 138 valence electrons. The predicted molar refractivity (Wildman–Crippen MR) is 106 cm³/mol. The number of rotatable bonds is 7. The molecule has 0 bridgehead atoms. The zero-order valence-corrected chi connectivity index (χ0v) is 15.2. The monoisotopic (exact) mass is 363 g/mol. The highest BCUT2D eigenvalue weighted by molar-refractivity contribution is 5.91. The number of aryl methyl sites for hydroxylation is 1. The second kappa shape index (κ2) is 8.71. The third-order valence-electron chi connectivity index (χ3n) is 3.77. The summed E-state index contributed by atoms with van der Waals surface area (Å²) in [5.74, 6) is 1.25. The van der Waals surface area contributed by atoms with Crippen molar-refractivity contribution in [2.75, 3.05) is 24.4 Å². The van der Waals surface area contributed by atoms with Crippen LogP contribution in [0.1, 0.15) is 5.56 Å². The van der Waals surface area contributed by atoms with Crippen LogP contribution in [0.3, 0.4) is 0 Å². The molecule has 3 rings (SSSR count). The molecular weight excluding hydrogens is 342 g/mol. The third-order valence-corrected chi connectivity index (χ3v) is 3.77. The summed E-state index contributed by atoms with van der Waals surface area (Å²) in [6.07, 6.45) is 1.67. The van der Waals surface area contributed by atoms with Crippen LogP contribution in [0.4, 0.5) is 17.2 Å². The Morgan fingerprint density at radius 1 is 1.00 bits per heavy atom.